The van der Waals surface area contributed by atoms with Crippen molar-refractivity contribution < 1.29 is 15.0 Å². The fourth-order valence-electron chi connectivity index (χ4n) is 2.24. The summed E-state index contributed by atoms with van der Waals surface area (Å²) < 4.78 is 1.62. The number of aromatic carboxylic acids is 1. The van der Waals surface area contributed by atoms with Crippen LogP contribution in [0.3, 0.4) is 0 Å². The van der Waals surface area contributed by atoms with Gasteiger partial charge in [0.15, 0.2) is 5.69 Å². The Morgan fingerprint density at radius 2 is 1.90 bits per heavy atom. The van der Waals surface area contributed by atoms with E-state index in [2.05, 4.69) is 4.98 Å². The number of aromatic hydroxyl groups is 1. The molecule has 20 heavy (non-hydrogen) atoms. The van der Waals surface area contributed by atoms with Crippen LogP contribution in [0.5, 0.6) is 5.75 Å². The zero-order chi connectivity index (χ0) is 14.1. The highest BCUT2D eigenvalue weighted by Crippen LogP contribution is 2.24. The van der Waals surface area contributed by atoms with E-state index >= 15 is 0 Å². The highest BCUT2D eigenvalue weighted by molar-refractivity contribution is 5.95. The second kappa shape index (κ2) is 4.70. The summed E-state index contributed by atoms with van der Waals surface area (Å²) in [5.41, 5.74) is 1.12. The Hall–Kier alpha value is -2.82. The van der Waals surface area contributed by atoms with E-state index in [-0.39, 0.29) is 17.0 Å². The predicted octanol–water partition coefficient (Wildman–Crippen LogP) is 2.33. The molecular formula is C15H12N2O3. The molecule has 0 spiro atoms. The van der Waals surface area contributed by atoms with Crippen LogP contribution in [0, 0.1) is 0 Å². The first-order valence-corrected chi connectivity index (χ1v) is 6.13. The summed E-state index contributed by atoms with van der Waals surface area (Å²) >= 11 is 0. The Kier molecular flexibility index (Phi) is 2.87. The van der Waals surface area contributed by atoms with Crippen molar-refractivity contribution in [2.45, 2.75) is 6.42 Å². The first-order valence-electron chi connectivity index (χ1n) is 6.13. The molecule has 0 amide bonds. The number of hydrogen-bond acceptors (Lipinski definition) is 3. The quantitative estimate of drug-likeness (QED) is 0.764. The van der Waals surface area contributed by atoms with Gasteiger partial charge in [-0.2, -0.15) is 0 Å². The van der Waals surface area contributed by atoms with Gasteiger partial charge in [-0.25, -0.2) is 9.78 Å². The van der Waals surface area contributed by atoms with Crippen molar-refractivity contribution in [1.29, 1.82) is 0 Å². The maximum atomic E-state index is 11.2. The van der Waals surface area contributed by atoms with Crippen molar-refractivity contribution in [3.63, 3.8) is 0 Å². The molecule has 100 valence electrons. The highest BCUT2D eigenvalue weighted by Gasteiger charge is 2.19. The van der Waals surface area contributed by atoms with Gasteiger partial charge in [-0.05, 0) is 17.7 Å². The first-order chi connectivity index (χ1) is 9.66. The minimum atomic E-state index is -1.15. The lowest BCUT2D eigenvalue weighted by Gasteiger charge is -2.02. The molecular weight excluding hydrogens is 256 g/mol. The zero-order valence-electron chi connectivity index (χ0n) is 10.5. The van der Waals surface area contributed by atoms with Crippen molar-refractivity contribution in [2.75, 3.05) is 0 Å². The summed E-state index contributed by atoms with van der Waals surface area (Å²) in [5, 5.41) is 19.1. The van der Waals surface area contributed by atoms with Gasteiger partial charge in [0.2, 0.25) is 0 Å². The molecule has 3 aromatic rings. The minimum absolute atomic E-state index is 0.0864. The van der Waals surface area contributed by atoms with Crippen LogP contribution in [0.1, 0.15) is 21.9 Å². The van der Waals surface area contributed by atoms with Gasteiger partial charge in [0.25, 0.3) is 0 Å². The molecule has 2 aromatic heterocycles. The molecule has 0 atom stereocenters. The molecule has 0 aliphatic rings. The van der Waals surface area contributed by atoms with E-state index in [1.165, 1.54) is 6.07 Å². The Labute approximate surface area is 114 Å². The van der Waals surface area contributed by atoms with Crippen molar-refractivity contribution in [1.82, 2.24) is 9.38 Å². The minimum Gasteiger partial charge on any atom is -0.506 e. The van der Waals surface area contributed by atoms with E-state index in [9.17, 15) is 15.0 Å². The smallest absolute Gasteiger partial charge is 0.356 e. The van der Waals surface area contributed by atoms with Crippen LogP contribution in [0.4, 0.5) is 0 Å². The molecule has 2 heterocycles. The number of rotatable bonds is 3. The molecule has 2 N–H and O–H groups in total. The van der Waals surface area contributed by atoms with Gasteiger partial charge in [0, 0.05) is 12.6 Å². The first kappa shape index (κ1) is 12.2. The van der Waals surface area contributed by atoms with Crippen molar-refractivity contribution in [2.24, 2.45) is 0 Å². The Morgan fingerprint density at radius 1 is 1.15 bits per heavy atom. The molecule has 5 nitrogen and oxygen atoms in total. The number of imidazole rings is 1. The number of carboxylic acid groups (broad SMARTS) is 1. The average molecular weight is 268 g/mol. The fraction of sp³-hybridized carbons (Fsp3) is 0.0667. The lowest BCUT2D eigenvalue weighted by atomic mass is 10.1. The zero-order valence-corrected chi connectivity index (χ0v) is 10.5. The van der Waals surface area contributed by atoms with E-state index in [0.717, 1.165) is 5.56 Å². The third-order valence-electron chi connectivity index (χ3n) is 3.12. The molecule has 5 heteroatoms. The molecule has 0 saturated carbocycles. The maximum absolute atomic E-state index is 11.2. The third-order valence-corrected chi connectivity index (χ3v) is 3.12. The summed E-state index contributed by atoms with van der Waals surface area (Å²) in [6.45, 7) is 0. The van der Waals surface area contributed by atoms with Gasteiger partial charge >= 0.3 is 5.97 Å². The molecule has 0 fully saturated rings. The summed E-state index contributed by atoms with van der Waals surface area (Å²) in [7, 11) is 0. The molecule has 0 aliphatic carbocycles. The summed E-state index contributed by atoms with van der Waals surface area (Å²) in [5.74, 6) is -0.653. The van der Waals surface area contributed by atoms with E-state index in [0.29, 0.717) is 12.2 Å². The number of aromatic nitrogens is 2. The SMILES string of the molecule is O=C(O)c1nc(Cc2ccccc2)n2cccc(O)c12. The highest BCUT2D eigenvalue weighted by atomic mass is 16.4. The number of fused-ring (bicyclic) bond motifs is 1. The van der Waals surface area contributed by atoms with E-state index in [1.54, 1.807) is 16.7 Å². The number of nitrogens with zero attached hydrogens (tertiary/aromatic N) is 2. The standard InChI is InChI=1S/C15H12N2O3/c18-11-7-4-8-17-12(9-10-5-2-1-3-6-10)16-13(14(11)17)15(19)20/h1-8,18H,9H2,(H,19,20). The Morgan fingerprint density at radius 3 is 2.60 bits per heavy atom. The fourth-order valence-corrected chi connectivity index (χ4v) is 2.24. The molecule has 0 unspecified atom stereocenters. The maximum Gasteiger partial charge on any atom is 0.356 e. The molecule has 0 radical (unpaired) electrons. The van der Waals surface area contributed by atoms with Crippen molar-refractivity contribution in [3.8, 4) is 5.75 Å². The van der Waals surface area contributed by atoms with Crippen molar-refractivity contribution >= 4 is 11.5 Å². The van der Waals surface area contributed by atoms with Crippen LogP contribution in [0.25, 0.3) is 5.52 Å². The Bertz CT molecular complexity index is 778. The molecule has 0 aliphatic heterocycles. The van der Waals surface area contributed by atoms with E-state index in [1.807, 2.05) is 30.3 Å². The molecule has 3 rings (SSSR count). The summed E-state index contributed by atoms with van der Waals surface area (Å²) in [6, 6.07) is 12.8. The average Bonchev–Trinajstić information content (AvgIpc) is 2.81. The van der Waals surface area contributed by atoms with E-state index < -0.39 is 5.97 Å². The van der Waals surface area contributed by atoms with Gasteiger partial charge in [-0.1, -0.05) is 30.3 Å². The van der Waals surface area contributed by atoms with Gasteiger partial charge in [-0.3, -0.25) is 4.40 Å². The summed E-state index contributed by atoms with van der Waals surface area (Å²) in [4.78, 5) is 15.4. The van der Waals surface area contributed by atoms with Crippen LogP contribution in [0.15, 0.2) is 48.7 Å². The topological polar surface area (TPSA) is 74.8 Å². The predicted molar refractivity (Wildman–Crippen MR) is 73.1 cm³/mol. The van der Waals surface area contributed by atoms with Crippen molar-refractivity contribution in [3.05, 3.63) is 65.7 Å². The second-order valence-electron chi connectivity index (χ2n) is 4.46. The normalized spacial score (nSPS) is 10.8. The number of hydrogen-bond donors (Lipinski definition) is 2. The molecule has 1 aromatic carbocycles. The lowest BCUT2D eigenvalue weighted by molar-refractivity contribution is 0.0693. The molecule has 0 bridgehead atoms. The third kappa shape index (κ3) is 1.99. The van der Waals surface area contributed by atoms with Crippen LogP contribution in [0.2, 0.25) is 0 Å². The lowest BCUT2D eigenvalue weighted by Crippen LogP contribution is -1.98. The van der Waals surface area contributed by atoms with Crippen LogP contribution < -0.4 is 0 Å². The van der Waals surface area contributed by atoms with Crippen LogP contribution in [-0.2, 0) is 6.42 Å². The van der Waals surface area contributed by atoms with Gasteiger partial charge < -0.3 is 10.2 Å². The monoisotopic (exact) mass is 268 g/mol. The van der Waals surface area contributed by atoms with Gasteiger partial charge in [0.1, 0.15) is 17.1 Å². The second-order valence-corrected chi connectivity index (χ2v) is 4.46. The van der Waals surface area contributed by atoms with Gasteiger partial charge in [0.05, 0.1) is 0 Å². The van der Waals surface area contributed by atoms with E-state index in [4.69, 9.17) is 0 Å². The number of carboxylic acids is 1. The largest absolute Gasteiger partial charge is 0.506 e. The Balaban J connectivity index is 2.17. The number of pyridine rings is 1. The number of benzene rings is 1. The van der Waals surface area contributed by atoms with Crippen LogP contribution in [-0.4, -0.2) is 25.6 Å². The molecule has 0 saturated heterocycles. The van der Waals surface area contributed by atoms with Crippen LogP contribution >= 0.6 is 0 Å². The van der Waals surface area contributed by atoms with Gasteiger partial charge in [-0.15, -0.1) is 0 Å². The number of carbonyl (C=O) groups is 1. The summed E-state index contributed by atoms with van der Waals surface area (Å²) in [6.07, 6.45) is 2.20.